The van der Waals surface area contributed by atoms with Gasteiger partial charge in [-0.05, 0) is 20.3 Å². The van der Waals surface area contributed by atoms with Crippen molar-refractivity contribution in [1.29, 1.82) is 0 Å². The van der Waals surface area contributed by atoms with Crippen molar-refractivity contribution in [1.82, 2.24) is 4.90 Å². The number of nitrogens with zero attached hydrogens (tertiary/aromatic N) is 1. The van der Waals surface area contributed by atoms with Crippen molar-refractivity contribution >= 4 is 5.91 Å². The molecular formula is C9H16N2O2. The summed E-state index contributed by atoms with van der Waals surface area (Å²) in [6.45, 7) is 5.53. The molecule has 0 spiro atoms. The van der Waals surface area contributed by atoms with E-state index in [1.165, 1.54) is 0 Å². The minimum Gasteiger partial charge on any atom is -0.376 e. The summed E-state index contributed by atoms with van der Waals surface area (Å²) in [6.07, 6.45) is 1.05. The number of carbonyl (C=O) groups excluding carboxylic acids is 1. The van der Waals surface area contributed by atoms with Gasteiger partial charge in [0.2, 0.25) is 5.91 Å². The molecule has 0 aromatic carbocycles. The van der Waals surface area contributed by atoms with E-state index in [1.807, 2.05) is 11.8 Å². The van der Waals surface area contributed by atoms with E-state index in [9.17, 15) is 4.79 Å². The first-order valence-electron chi connectivity index (χ1n) is 4.74. The van der Waals surface area contributed by atoms with Gasteiger partial charge in [0, 0.05) is 13.2 Å². The van der Waals surface area contributed by atoms with Crippen LogP contribution in [0, 0.1) is 0 Å². The van der Waals surface area contributed by atoms with E-state index in [4.69, 9.17) is 10.5 Å². The van der Waals surface area contributed by atoms with Crippen LogP contribution in [-0.2, 0) is 9.53 Å². The van der Waals surface area contributed by atoms with Crippen molar-refractivity contribution < 1.29 is 9.53 Å². The molecule has 0 saturated carbocycles. The minimum absolute atomic E-state index is 0.0693. The van der Waals surface area contributed by atoms with Crippen LogP contribution in [0.25, 0.3) is 0 Å². The lowest BCUT2D eigenvalue weighted by Crippen LogP contribution is -2.69. The smallest absolute Gasteiger partial charge is 0.241 e. The molecule has 0 radical (unpaired) electrons. The van der Waals surface area contributed by atoms with E-state index in [0.29, 0.717) is 6.54 Å². The Morgan fingerprint density at radius 1 is 1.69 bits per heavy atom. The average Bonchev–Trinajstić information content (AvgIpc) is 2.43. The van der Waals surface area contributed by atoms with Crippen LogP contribution in [0.15, 0.2) is 0 Å². The molecule has 0 aromatic heterocycles. The molecule has 3 unspecified atom stereocenters. The molecule has 13 heavy (non-hydrogen) atoms. The van der Waals surface area contributed by atoms with Gasteiger partial charge < -0.3 is 15.4 Å². The Bertz CT molecular complexity index is 244. The SMILES string of the molecule is CC1OCCC1(C)N1CC(N)C1=O. The van der Waals surface area contributed by atoms with Crippen LogP contribution in [0.1, 0.15) is 20.3 Å². The van der Waals surface area contributed by atoms with Crippen molar-refractivity contribution in [2.24, 2.45) is 5.73 Å². The number of carbonyl (C=O) groups is 1. The summed E-state index contributed by atoms with van der Waals surface area (Å²) < 4.78 is 5.47. The second-order valence-electron chi connectivity index (χ2n) is 4.18. The third-order valence-corrected chi connectivity index (χ3v) is 3.43. The molecule has 74 valence electrons. The van der Waals surface area contributed by atoms with E-state index in [1.54, 1.807) is 0 Å². The Labute approximate surface area is 78.0 Å². The fraction of sp³-hybridized carbons (Fsp3) is 0.889. The predicted octanol–water partition coefficient (Wildman–Crippen LogP) is -0.277. The highest BCUT2D eigenvalue weighted by molar-refractivity contribution is 5.88. The average molecular weight is 184 g/mol. The first-order valence-corrected chi connectivity index (χ1v) is 4.74. The Hall–Kier alpha value is -0.610. The number of β-lactam (4-membered cyclic amide) rings is 1. The molecule has 2 N–H and O–H groups in total. The van der Waals surface area contributed by atoms with Crippen LogP contribution in [0.5, 0.6) is 0 Å². The summed E-state index contributed by atoms with van der Waals surface area (Å²) >= 11 is 0. The molecule has 0 aromatic rings. The van der Waals surface area contributed by atoms with Crippen LogP contribution in [0.2, 0.25) is 0 Å². The van der Waals surface area contributed by atoms with Crippen molar-refractivity contribution in [2.45, 2.75) is 38.0 Å². The largest absolute Gasteiger partial charge is 0.376 e. The van der Waals surface area contributed by atoms with E-state index < -0.39 is 0 Å². The summed E-state index contributed by atoms with van der Waals surface area (Å²) in [5.41, 5.74) is 5.43. The molecular weight excluding hydrogens is 168 g/mol. The zero-order valence-corrected chi connectivity index (χ0v) is 8.12. The summed E-state index contributed by atoms with van der Waals surface area (Å²) in [7, 11) is 0. The molecule has 1 amide bonds. The normalized spacial score (nSPS) is 45.2. The Morgan fingerprint density at radius 2 is 2.38 bits per heavy atom. The van der Waals surface area contributed by atoms with Crippen molar-refractivity contribution in [3.63, 3.8) is 0 Å². The van der Waals surface area contributed by atoms with Crippen LogP contribution >= 0.6 is 0 Å². The molecule has 2 saturated heterocycles. The number of amides is 1. The first kappa shape index (κ1) is 8.97. The van der Waals surface area contributed by atoms with Crippen molar-refractivity contribution in [3.05, 3.63) is 0 Å². The maximum absolute atomic E-state index is 11.4. The minimum atomic E-state index is -0.273. The maximum atomic E-state index is 11.4. The molecule has 3 atom stereocenters. The van der Waals surface area contributed by atoms with E-state index >= 15 is 0 Å². The summed E-state index contributed by atoms with van der Waals surface area (Å²) in [5, 5.41) is 0. The highest BCUT2D eigenvalue weighted by Gasteiger charge is 2.50. The standard InChI is InChI=1S/C9H16N2O2/c1-6-9(2,3-4-13-6)11-5-7(10)8(11)12/h6-7H,3-5,10H2,1-2H3. The lowest BCUT2D eigenvalue weighted by molar-refractivity contribution is -0.153. The Kier molecular flexibility index (Phi) is 1.85. The van der Waals surface area contributed by atoms with Crippen LogP contribution in [0.3, 0.4) is 0 Å². The molecule has 0 aliphatic carbocycles. The van der Waals surface area contributed by atoms with Crippen molar-refractivity contribution in [3.8, 4) is 0 Å². The fourth-order valence-electron chi connectivity index (χ4n) is 2.09. The monoisotopic (exact) mass is 184 g/mol. The topological polar surface area (TPSA) is 55.6 Å². The molecule has 4 heteroatoms. The number of hydrogen-bond acceptors (Lipinski definition) is 3. The van der Waals surface area contributed by atoms with Crippen LogP contribution in [-0.4, -0.2) is 41.6 Å². The summed E-state index contributed by atoms with van der Waals surface area (Å²) in [6, 6.07) is -0.273. The number of rotatable bonds is 1. The van der Waals surface area contributed by atoms with Gasteiger partial charge in [-0.15, -0.1) is 0 Å². The first-order chi connectivity index (χ1) is 6.05. The summed E-state index contributed by atoms with van der Waals surface area (Å²) in [5.74, 6) is 0.0693. The zero-order chi connectivity index (χ0) is 9.64. The fourth-order valence-corrected chi connectivity index (χ4v) is 2.09. The summed E-state index contributed by atoms with van der Waals surface area (Å²) in [4.78, 5) is 13.3. The van der Waals surface area contributed by atoms with Crippen LogP contribution < -0.4 is 5.73 Å². The molecule has 2 heterocycles. The highest BCUT2D eigenvalue weighted by atomic mass is 16.5. The molecule has 4 nitrogen and oxygen atoms in total. The van der Waals surface area contributed by atoms with Gasteiger partial charge in [-0.1, -0.05) is 0 Å². The van der Waals surface area contributed by atoms with Gasteiger partial charge >= 0.3 is 0 Å². The van der Waals surface area contributed by atoms with Gasteiger partial charge in [-0.25, -0.2) is 0 Å². The third kappa shape index (κ3) is 1.09. The number of ether oxygens (including phenoxy) is 1. The predicted molar refractivity (Wildman–Crippen MR) is 48.1 cm³/mol. The van der Waals surface area contributed by atoms with Crippen molar-refractivity contribution in [2.75, 3.05) is 13.2 Å². The molecule has 2 rings (SSSR count). The van der Waals surface area contributed by atoms with E-state index in [2.05, 4.69) is 6.92 Å². The molecule has 0 bridgehead atoms. The van der Waals surface area contributed by atoms with E-state index in [0.717, 1.165) is 13.0 Å². The quantitative estimate of drug-likeness (QED) is 0.570. The maximum Gasteiger partial charge on any atom is 0.241 e. The van der Waals surface area contributed by atoms with Gasteiger partial charge in [0.05, 0.1) is 11.6 Å². The van der Waals surface area contributed by atoms with Gasteiger partial charge in [0.1, 0.15) is 6.04 Å². The molecule has 2 aliphatic rings. The van der Waals surface area contributed by atoms with Gasteiger partial charge in [-0.2, -0.15) is 0 Å². The van der Waals surface area contributed by atoms with Gasteiger partial charge in [-0.3, -0.25) is 4.79 Å². The zero-order valence-electron chi connectivity index (χ0n) is 8.12. The molecule has 2 aliphatic heterocycles. The lowest BCUT2D eigenvalue weighted by Gasteiger charge is -2.48. The number of likely N-dealkylation sites (tertiary alicyclic amines) is 1. The van der Waals surface area contributed by atoms with E-state index in [-0.39, 0.29) is 23.6 Å². The second kappa shape index (κ2) is 2.69. The second-order valence-corrected chi connectivity index (χ2v) is 4.18. The van der Waals surface area contributed by atoms with Gasteiger partial charge in [0.25, 0.3) is 0 Å². The van der Waals surface area contributed by atoms with Crippen LogP contribution in [0.4, 0.5) is 0 Å². The molecule has 2 fully saturated rings. The number of hydrogen-bond donors (Lipinski definition) is 1. The van der Waals surface area contributed by atoms with Gasteiger partial charge in [0.15, 0.2) is 0 Å². The highest BCUT2D eigenvalue weighted by Crippen LogP contribution is 2.35. The third-order valence-electron chi connectivity index (χ3n) is 3.43. The number of nitrogens with two attached hydrogens (primary N) is 1. The Morgan fingerprint density at radius 3 is 2.77 bits per heavy atom. The lowest BCUT2D eigenvalue weighted by atomic mass is 9.87. The Balaban J connectivity index is 2.12.